The molecular formula is C27H28F3N3O3S. The first-order valence-corrected chi connectivity index (χ1v) is 13.8. The van der Waals surface area contributed by atoms with Gasteiger partial charge in [0, 0.05) is 45.0 Å². The summed E-state index contributed by atoms with van der Waals surface area (Å²) in [7, 11) is -3.75. The molecule has 0 bridgehead atoms. The monoisotopic (exact) mass is 531 g/mol. The standard InChI is InChI=1S/C27H28F3N3O3S/c28-27(29,30)23-8-3-9-24(18-23)31-13-15-32(16-14-31)26(34)22-7-4-12-33(19-22)37(35,36)25-11-10-20-5-1-2-6-21(20)17-25/h1-3,5-6,8-11,17-18,22H,4,7,12-16,19H2/t22-/m0/s1. The van der Waals surface area contributed by atoms with Gasteiger partial charge in [0.25, 0.3) is 0 Å². The van der Waals surface area contributed by atoms with E-state index in [1.54, 1.807) is 29.2 Å². The molecule has 0 N–H and O–H groups in total. The quantitative estimate of drug-likeness (QED) is 0.494. The molecular weight excluding hydrogens is 503 g/mol. The Bertz CT molecular complexity index is 1400. The third-order valence-electron chi connectivity index (χ3n) is 7.22. The molecule has 196 valence electrons. The number of halogens is 3. The summed E-state index contributed by atoms with van der Waals surface area (Å²) in [5.41, 5.74) is -0.217. The molecule has 1 atom stereocenters. The van der Waals surface area contributed by atoms with E-state index in [1.807, 2.05) is 29.2 Å². The fraction of sp³-hybridized carbons (Fsp3) is 0.370. The summed E-state index contributed by atoms with van der Waals surface area (Å²) in [6, 6.07) is 17.8. The van der Waals surface area contributed by atoms with Gasteiger partial charge in [0.05, 0.1) is 16.4 Å². The van der Waals surface area contributed by atoms with Gasteiger partial charge < -0.3 is 9.80 Å². The number of rotatable bonds is 4. The SMILES string of the molecule is O=C([C@H]1CCCN(S(=O)(=O)c2ccc3ccccc3c2)C1)N1CCN(c2cccc(C(F)(F)F)c2)CC1. The van der Waals surface area contributed by atoms with Crippen molar-refractivity contribution in [1.29, 1.82) is 0 Å². The van der Waals surface area contributed by atoms with Crippen molar-refractivity contribution in [2.24, 2.45) is 5.92 Å². The maximum Gasteiger partial charge on any atom is 0.416 e. The van der Waals surface area contributed by atoms with Gasteiger partial charge in [-0.25, -0.2) is 8.42 Å². The van der Waals surface area contributed by atoms with Gasteiger partial charge in [-0.05, 0) is 53.9 Å². The minimum atomic E-state index is -4.41. The van der Waals surface area contributed by atoms with E-state index < -0.39 is 27.7 Å². The zero-order valence-electron chi connectivity index (χ0n) is 20.2. The third kappa shape index (κ3) is 5.31. The number of fused-ring (bicyclic) bond motifs is 1. The van der Waals surface area contributed by atoms with Crippen molar-refractivity contribution in [2.45, 2.75) is 23.9 Å². The predicted molar refractivity (Wildman–Crippen MR) is 136 cm³/mol. The number of sulfonamides is 1. The molecule has 2 aliphatic heterocycles. The van der Waals surface area contributed by atoms with Crippen LogP contribution in [0.3, 0.4) is 0 Å². The van der Waals surface area contributed by atoms with E-state index in [9.17, 15) is 26.4 Å². The number of carbonyl (C=O) groups excluding carboxylic acids is 1. The molecule has 0 unspecified atom stereocenters. The van der Waals surface area contributed by atoms with Gasteiger partial charge in [0.2, 0.25) is 15.9 Å². The first kappa shape index (κ1) is 25.5. The van der Waals surface area contributed by atoms with Crippen molar-refractivity contribution >= 4 is 32.4 Å². The Hall–Kier alpha value is -3.11. The van der Waals surface area contributed by atoms with Gasteiger partial charge >= 0.3 is 6.18 Å². The molecule has 1 amide bonds. The molecule has 37 heavy (non-hydrogen) atoms. The van der Waals surface area contributed by atoms with Gasteiger partial charge in [0.15, 0.2) is 0 Å². The Balaban J connectivity index is 1.23. The van der Waals surface area contributed by atoms with Crippen LogP contribution in [-0.4, -0.2) is 62.8 Å². The Kier molecular flexibility index (Phi) is 6.89. The number of benzene rings is 3. The number of hydrogen-bond donors (Lipinski definition) is 0. The topological polar surface area (TPSA) is 60.9 Å². The van der Waals surface area contributed by atoms with Gasteiger partial charge in [-0.1, -0.05) is 36.4 Å². The van der Waals surface area contributed by atoms with Gasteiger partial charge in [0.1, 0.15) is 0 Å². The summed E-state index contributed by atoms with van der Waals surface area (Å²) in [6.07, 6.45) is -3.21. The van der Waals surface area contributed by atoms with Crippen LogP contribution in [0, 0.1) is 5.92 Å². The van der Waals surface area contributed by atoms with Crippen molar-refractivity contribution in [3.63, 3.8) is 0 Å². The molecule has 0 radical (unpaired) electrons. The van der Waals surface area contributed by atoms with Crippen LogP contribution in [0.5, 0.6) is 0 Å². The largest absolute Gasteiger partial charge is 0.416 e. The highest BCUT2D eigenvalue weighted by Crippen LogP contribution is 2.32. The molecule has 2 aliphatic rings. The van der Waals surface area contributed by atoms with Crippen LogP contribution in [0.4, 0.5) is 18.9 Å². The highest BCUT2D eigenvalue weighted by molar-refractivity contribution is 7.89. The number of piperazine rings is 1. The molecule has 3 aromatic rings. The van der Waals surface area contributed by atoms with Crippen molar-refractivity contribution in [2.75, 3.05) is 44.2 Å². The summed E-state index contributed by atoms with van der Waals surface area (Å²) in [5, 5.41) is 1.80. The minimum absolute atomic E-state index is 0.0953. The average Bonchev–Trinajstić information content (AvgIpc) is 2.92. The molecule has 3 aromatic carbocycles. The normalized spacial score (nSPS) is 19.8. The number of amides is 1. The minimum Gasteiger partial charge on any atom is -0.368 e. The van der Waals surface area contributed by atoms with Crippen LogP contribution in [0.25, 0.3) is 10.8 Å². The number of nitrogens with zero attached hydrogens (tertiary/aromatic N) is 3. The van der Waals surface area contributed by atoms with Crippen LogP contribution in [0.2, 0.25) is 0 Å². The van der Waals surface area contributed by atoms with E-state index in [-0.39, 0.29) is 17.3 Å². The van der Waals surface area contributed by atoms with Crippen molar-refractivity contribution < 1.29 is 26.4 Å². The van der Waals surface area contributed by atoms with E-state index >= 15 is 0 Å². The second-order valence-corrected chi connectivity index (χ2v) is 11.5. The molecule has 0 spiro atoms. The van der Waals surface area contributed by atoms with E-state index in [0.717, 1.165) is 22.9 Å². The molecule has 0 saturated carbocycles. The highest BCUT2D eigenvalue weighted by Gasteiger charge is 2.36. The first-order chi connectivity index (χ1) is 17.6. The Labute approximate surface area is 214 Å². The number of piperidine rings is 1. The van der Waals surface area contributed by atoms with Crippen LogP contribution in [-0.2, 0) is 21.0 Å². The molecule has 2 heterocycles. The van der Waals surface area contributed by atoms with Crippen LogP contribution < -0.4 is 4.90 Å². The second-order valence-electron chi connectivity index (χ2n) is 9.57. The number of alkyl halides is 3. The van der Waals surface area contributed by atoms with E-state index in [1.165, 1.54) is 10.4 Å². The highest BCUT2D eigenvalue weighted by atomic mass is 32.2. The van der Waals surface area contributed by atoms with Crippen LogP contribution >= 0.6 is 0 Å². The first-order valence-electron chi connectivity index (χ1n) is 12.3. The third-order valence-corrected chi connectivity index (χ3v) is 9.08. The smallest absolute Gasteiger partial charge is 0.368 e. The maximum absolute atomic E-state index is 13.4. The number of anilines is 1. The summed E-state index contributed by atoms with van der Waals surface area (Å²) < 4.78 is 67.4. The zero-order valence-corrected chi connectivity index (χ0v) is 21.0. The van der Waals surface area contributed by atoms with Gasteiger partial charge in [-0.2, -0.15) is 17.5 Å². The van der Waals surface area contributed by atoms with Crippen molar-refractivity contribution in [3.05, 3.63) is 72.3 Å². The van der Waals surface area contributed by atoms with Crippen LogP contribution in [0.15, 0.2) is 71.6 Å². The zero-order chi connectivity index (χ0) is 26.2. The molecule has 6 nitrogen and oxygen atoms in total. The maximum atomic E-state index is 13.4. The summed E-state index contributed by atoms with van der Waals surface area (Å²) in [6.45, 7) is 2.08. The second kappa shape index (κ2) is 9.98. The van der Waals surface area contributed by atoms with E-state index in [2.05, 4.69) is 0 Å². The average molecular weight is 532 g/mol. The molecule has 5 rings (SSSR count). The van der Waals surface area contributed by atoms with Crippen LogP contribution in [0.1, 0.15) is 18.4 Å². The lowest BCUT2D eigenvalue weighted by molar-refractivity contribution is -0.137. The lowest BCUT2D eigenvalue weighted by Crippen LogP contribution is -2.53. The Morgan fingerprint density at radius 2 is 1.57 bits per heavy atom. The summed E-state index contributed by atoms with van der Waals surface area (Å²) in [4.78, 5) is 17.1. The molecule has 2 fully saturated rings. The Morgan fingerprint density at radius 1 is 0.838 bits per heavy atom. The molecule has 0 aromatic heterocycles. The van der Waals surface area contributed by atoms with E-state index in [4.69, 9.17) is 0 Å². The molecule has 0 aliphatic carbocycles. The lowest BCUT2D eigenvalue weighted by atomic mass is 9.97. The summed E-state index contributed by atoms with van der Waals surface area (Å²) >= 11 is 0. The summed E-state index contributed by atoms with van der Waals surface area (Å²) in [5.74, 6) is -0.536. The fourth-order valence-corrected chi connectivity index (χ4v) is 6.72. The number of carbonyl (C=O) groups is 1. The van der Waals surface area contributed by atoms with Crippen molar-refractivity contribution in [1.82, 2.24) is 9.21 Å². The van der Waals surface area contributed by atoms with Gasteiger partial charge in [-0.3, -0.25) is 4.79 Å². The fourth-order valence-electron chi connectivity index (χ4n) is 5.16. The molecule has 10 heteroatoms. The molecule has 2 saturated heterocycles. The van der Waals surface area contributed by atoms with Gasteiger partial charge in [-0.15, -0.1) is 0 Å². The number of hydrogen-bond acceptors (Lipinski definition) is 4. The van der Waals surface area contributed by atoms with E-state index in [0.29, 0.717) is 51.3 Å². The Morgan fingerprint density at radius 3 is 2.30 bits per heavy atom. The lowest BCUT2D eigenvalue weighted by Gasteiger charge is -2.39. The predicted octanol–water partition coefficient (Wildman–Crippen LogP) is 4.61. The van der Waals surface area contributed by atoms with Crippen molar-refractivity contribution in [3.8, 4) is 0 Å².